The van der Waals surface area contributed by atoms with Gasteiger partial charge in [0.2, 0.25) is 0 Å². The minimum absolute atomic E-state index is 0.271. The zero-order chi connectivity index (χ0) is 12.8. The summed E-state index contributed by atoms with van der Waals surface area (Å²) in [5.74, 6) is 0.939. The highest BCUT2D eigenvalue weighted by Gasteiger charge is 2.13. The first kappa shape index (κ1) is 14.3. The molecule has 0 aromatic heterocycles. The van der Waals surface area contributed by atoms with Gasteiger partial charge in [-0.05, 0) is 17.9 Å². The predicted octanol–water partition coefficient (Wildman–Crippen LogP) is 2.96. The number of hydrogen-bond acceptors (Lipinski definition) is 3. The second-order valence-electron chi connectivity index (χ2n) is 3.66. The van der Waals surface area contributed by atoms with Crippen LogP contribution in [0.1, 0.15) is 12.5 Å². The third kappa shape index (κ3) is 3.85. The van der Waals surface area contributed by atoms with E-state index < -0.39 is 6.43 Å². The summed E-state index contributed by atoms with van der Waals surface area (Å²) in [6, 6.07) is 5.70. The van der Waals surface area contributed by atoms with E-state index in [2.05, 4.69) is 6.92 Å². The Kier molecular flexibility index (Phi) is 5.71. The van der Waals surface area contributed by atoms with Gasteiger partial charge in [-0.1, -0.05) is 13.0 Å². The van der Waals surface area contributed by atoms with Gasteiger partial charge >= 0.3 is 0 Å². The fourth-order valence-corrected chi connectivity index (χ4v) is 2.56. The molecular weight excluding hydrogens is 242 g/mol. The van der Waals surface area contributed by atoms with E-state index in [0.717, 1.165) is 21.9 Å². The molecule has 0 saturated heterocycles. The number of rotatable bonds is 6. The van der Waals surface area contributed by atoms with Crippen molar-refractivity contribution in [1.29, 1.82) is 0 Å². The molecule has 0 fully saturated rings. The van der Waals surface area contributed by atoms with Crippen LogP contribution in [0.5, 0.6) is 0 Å². The van der Waals surface area contributed by atoms with Crippen molar-refractivity contribution in [3.05, 3.63) is 23.8 Å². The monoisotopic (exact) mass is 260 g/mol. The van der Waals surface area contributed by atoms with Gasteiger partial charge in [-0.25, -0.2) is 8.78 Å². The molecule has 0 atom stereocenters. The van der Waals surface area contributed by atoms with E-state index in [1.807, 2.05) is 18.2 Å². The molecule has 0 unspecified atom stereocenters. The maximum atomic E-state index is 12.4. The van der Waals surface area contributed by atoms with Gasteiger partial charge in [0.1, 0.15) is 0 Å². The quantitative estimate of drug-likeness (QED) is 0.797. The van der Waals surface area contributed by atoms with Crippen LogP contribution in [0.25, 0.3) is 0 Å². The summed E-state index contributed by atoms with van der Waals surface area (Å²) >= 11 is 1.68. The van der Waals surface area contributed by atoms with Crippen LogP contribution in [0.15, 0.2) is 23.1 Å². The Morgan fingerprint density at radius 1 is 1.41 bits per heavy atom. The van der Waals surface area contributed by atoms with Crippen molar-refractivity contribution in [3.8, 4) is 0 Å². The Morgan fingerprint density at radius 2 is 2.12 bits per heavy atom. The molecule has 0 spiro atoms. The summed E-state index contributed by atoms with van der Waals surface area (Å²) in [5.41, 5.74) is 7.47. The van der Waals surface area contributed by atoms with Crippen molar-refractivity contribution in [2.24, 2.45) is 5.73 Å². The summed E-state index contributed by atoms with van der Waals surface area (Å²) in [5, 5.41) is 0. The molecule has 0 bridgehead atoms. The van der Waals surface area contributed by atoms with Crippen molar-refractivity contribution in [2.75, 3.05) is 24.2 Å². The van der Waals surface area contributed by atoms with Crippen LogP contribution < -0.4 is 10.6 Å². The lowest BCUT2D eigenvalue weighted by atomic mass is 10.1. The summed E-state index contributed by atoms with van der Waals surface area (Å²) in [7, 11) is 1.67. The van der Waals surface area contributed by atoms with Crippen molar-refractivity contribution in [1.82, 2.24) is 0 Å². The van der Waals surface area contributed by atoms with E-state index in [-0.39, 0.29) is 6.54 Å². The van der Waals surface area contributed by atoms with Crippen LogP contribution in [0.2, 0.25) is 0 Å². The highest BCUT2D eigenvalue weighted by Crippen LogP contribution is 2.30. The van der Waals surface area contributed by atoms with Gasteiger partial charge in [0.25, 0.3) is 6.43 Å². The van der Waals surface area contributed by atoms with E-state index in [4.69, 9.17) is 5.73 Å². The molecule has 1 aromatic carbocycles. The molecule has 1 rings (SSSR count). The average molecular weight is 260 g/mol. The Hall–Kier alpha value is -0.810. The normalized spacial score (nSPS) is 10.9. The molecule has 5 heteroatoms. The molecule has 0 aliphatic heterocycles. The molecule has 0 heterocycles. The molecule has 0 radical (unpaired) electrons. The SMILES string of the molecule is CCSc1cccc(N(C)CC(F)F)c1CN. The predicted molar refractivity (Wildman–Crippen MR) is 70.0 cm³/mol. The Labute approximate surface area is 105 Å². The smallest absolute Gasteiger partial charge is 0.255 e. The van der Waals surface area contributed by atoms with Crippen molar-refractivity contribution < 1.29 is 8.78 Å². The second-order valence-corrected chi connectivity index (χ2v) is 4.97. The Bertz CT molecular complexity index is 358. The number of anilines is 1. The number of halogens is 2. The molecule has 0 saturated carbocycles. The molecule has 0 amide bonds. The molecule has 0 aliphatic carbocycles. The average Bonchev–Trinajstić information content (AvgIpc) is 2.28. The van der Waals surface area contributed by atoms with E-state index in [1.165, 1.54) is 0 Å². The standard InChI is InChI=1S/C12H18F2N2S/c1-3-17-11-6-4-5-10(9(11)7-15)16(2)8-12(13)14/h4-6,12H,3,7-8,15H2,1-2H3. The van der Waals surface area contributed by atoms with Crippen LogP contribution in [-0.4, -0.2) is 25.8 Å². The third-order valence-corrected chi connectivity index (χ3v) is 3.42. The van der Waals surface area contributed by atoms with E-state index in [0.29, 0.717) is 6.54 Å². The number of alkyl halides is 2. The lowest BCUT2D eigenvalue weighted by Crippen LogP contribution is -2.25. The van der Waals surface area contributed by atoms with Crippen molar-refractivity contribution in [3.63, 3.8) is 0 Å². The number of hydrogen-bond donors (Lipinski definition) is 1. The lowest BCUT2D eigenvalue weighted by molar-refractivity contribution is 0.156. The van der Waals surface area contributed by atoms with Gasteiger partial charge in [0.05, 0.1) is 6.54 Å². The van der Waals surface area contributed by atoms with Gasteiger partial charge in [-0.15, -0.1) is 11.8 Å². The second kappa shape index (κ2) is 6.81. The summed E-state index contributed by atoms with van der Waals surface area (Å²) < 4.78 is 24.8. The molecule has 1 aromatic rings. The van der Waals surface area contributed by atoms with Crippen LogP contribution in [0.4, 0.5) is 14.5 Å². The maximum Gasteiger partial charge on any atom is 0.255 e. The van der Waals surface area contributed by atoms with Crippen LogP contribution in [0, 0.1) is 0 Å². The van der Waals surface area contributed by atoms with E-state index in [1.54, 1.807) is 23.7 Å². The van der Waals surface area contributed by atoms with Crippen molar-refractivity contribution >= 4 is 17.4 Å². The first-order valence-corrected chi connectivity index (χ1v) is 6.52. The first-order valence-electron chi connectivity index (χ1n) is 5.54. The largest absolute Gasteiger partial charge is 0.369 e. The van der Waals surface area contributed by atoms with Gasteiger partial charge in [0.15, 0.2) is 0 Å². The topological polar surface area (TPSA) is 29.3 Å². The number of benzene rings is 1. The van der Waals surface area contributed by atoms with E-state index in [9.17, 15) is 8.78 Å². The molecule has 96 valence electrons. The van der Waals surface area contributed by atoms with Gasteiger partial charge in [0, 0.05) is 29.7 Å². The molecular formula is C12H18F2N2S. The minimum Gasteiger partial charge on any atom is -0.369 e. The van der Waals surface area contributed by atoms with Gasteiger partial charge in [-0.2, -0.15) is 0 Å². The molecule has 2 N–H and O–H groups in total. The van der Waals surface area contributed by atoms with Crippen LogP contribution >= 0.6 is 11.8 Å². The highest BCUT2D eigenvalue weighted by molar-refractivity contribution is 7.99. The van der Waals surface area contributed by atoms with Gasteiger partial charge < -0.3 is 10.6 Å². The minimum atomic E-state index is -2.34. The fraction of sp³-hybridized carbons (Fsp3) is 0.500. The number of nitrogens with zero attached hydrogens (tertiary/aromatic N) is 1. The third-order valence-electron chi connectivity index (χ3n) is 2.44. The molecule has 0 aliphatic rings. The van der Waals surface area contributed by atoms with Crippen LogP contribution in [0.3, 0.4) is 0 Å². The Balaban J connectivity index is 3.01. The van der Waals surface area contributed by atoms with E-state index >= 15 is 0 Å². The fourth-order valence-electron chi connectivity index (χ4n) is 1.71. The summed E-state index contributed by atoms with van der Waals surface area (Å²) in [4.78, 5) is 2.64. The molecule has 17 heavy (non-hydrogen) atoms. The zero-order valence-electron chi connectivity index (χ0n) is 10.1. The zero-order valence-corrected chi connectivity index (χ0v) is 10.9. The molecule has 2 nitrogen and oxygen atoms in total. The lowest BCUT2D eigenvalue weighted by Gasteiger charge is -2.23. The first-order chi connectivity index (χ1) is 8.10. The summed E-state index contributed by atoms with van der Waals surface area (Å²) in [6.45, 7) is 2.15. The van der Waals surface area contributed by atoms with Gasteiger partial charge in [-0.3, -0.25) is 0 Å². The summed E-state index contributed by atoms with van der Waals surface area (Å²) in [6.07, 6.45) is -2.34. The Morgan fingerprint density at radius 3 is 2.65 bits per heavy atom. The highest BCUT2D eigenvalue weighted by atomic mass is 32.2. The number of nitrogens with two attached hydrogens (primary N) is 1. The van der Waals surface area contributed by atoms with Crippen molar-refractivity contribution in [2.45, 2.75) is 24.8 Å². The number of thioether (sulfide) groups is 1. The van der Waals surface area contributed by atoms with Crippen LogP contribution in [-0.2, 0) is 6.54 Å². The maximum absolute atomic E-state index is 12.4.